The Balaban J connectivity index is 1.54. The fraction of sp³-hybridized carbons (Fsp3) is 0.333. The van der Waals surface area contributed by atoms with Crippen molar-refractivity contribution in [3.8, 4) is 11.6 Å². The van der Waals surface area contributed by atoms with Crippen molar-refractivity contribution in [2.45, 2.75) is 38.1 Å². The van der Waals surface area contributed by atoms with E-state index >= 15 is 0 Å². The highest BCUT2D eigenvalue weighted by Gasteiger charge is 2.33. The zero-order valence-corrected chi connectivity index (χ0v) is 18.1. The van der Waals surface area contributed by atoms with Crippen molar-refractivity contribution < 1.29 is 27.5 Å². The molecule has 4 rings (SSSR count). The van der Waals surface area contributed by atoms with Crippen molar-refractivity contribution in [1.29, 1.82) is 0 Å². The molecule has 0 bridgehead atoms. The van der Waals surface area contributed by atoms with Gasteiger partial charge in [-0.05, 0) is 49.4 Å². The molecule has 0 radical (unpaired) electrons. The van der Waals surface area contributed by atoms with Crippen LogP contribution < -0.4 is 15.4 Å². The standard InChI is InChI=1S/C21H20F3N7O3/c1-11(18-28-10-29-31(18)17-9-26-16(8-27-17)20(33)25-2)30-19(32)14-5-13(12-3-4-12)6-15(7-14)34-21(22,23)24/h5-12H,3-4H2,1-2H3,(H,25,33)(H,30,32)/t11-/m0/s1. The fourth-order valence-electron chi connectivity index (χ4n) is 3.34. The Hall–Kier alpha value is -4.03. The first-order valence-corrected chi connectivity index (χ1v) is 10.3. The van der Waals surface area contributed by atoms with Crippen LogP contribution in [0.5, 0.6) is 5.75 Å². The smallest absolute Gasteiger partial charge is 0.406 e. The van der Waals surface area contributed by atoms with Crippen LogP contribution in [-0.2, 0) is 0 Å². The van der Waals surface area contributed by atoms with Gasteiger partial charge in [-0.15, -0.1) is 13.2 Å². The maximum atomic E-state index is 12.9. The number of nitrogens with one attached hydrogen (secondary N) is 2. The molecule has 178 valence electrons. The predicted molar refractivity (Wildman–Crippen MR) is 111 cm³/mol. The third-order valence-electron chi connectivity index (χ3n) is 5.10. The molecule has 10 nitrogen and oxygen atoms in total. The second kappa shape index (κ2) is 9.08. The van der Waals surface area contributed by atoms with Crippen LogP contribution in [-0.4, -0.2) is 50.0 Å². The molecule has 0 spiro atoms. The average molecular weight is 475 g/mol. The third-order valence-corrected chi connectivity index (χ3v) is 5.10. The van der Waals surface area contributed by atoms with Gasteiger partial charge >= 0.3 is 6.36 Å². The highest BCUT2D eigenvalue weighted by Crippen LogP contribution is 2.42. The molecule has 0 aliphatic heterocycles. The molecular formula is C21H20F3N7O3. The largest absolute Gasteiger partial charge is 0.573 e. The van der Waals surface area contributed by atoms with Crippen molar-refractivity contribution in [2.24, 2.45) is 0 Å². The van der Waals surface area contributed by atoms with Crippen molar-refractivity contribution in [3.63, 3.8) is 0 Å². The molecule has 1 aliphatic rings. The molecule has 1 fully saturated rings. The van der Waals surface area contributed by atoms with Crippen LogP contribution in [0.15, 0.2) is 36.9 Å². The number of carbonyl (C=O) groups is 2. The summed E-state index contributed by atoms with van der Waals surface area (Å²) in [7, 11) is 1.47. The second-order valence-electron chi connectivity index (χ2n) is 7.68. The summed E-state index contributed by atoms with van der Waals surface area (Å²) in [4.78, 5) is 36.9. The number of amides is 2. The third kappa shape index (κ3) is 5.30. The summed E-state index contributed by atoms with van der Waals surface area (Å²) in [5, 5.41) is 9.24. The molecule has 1 aromatic carbocycles. The molecule has 2 heterocycles. The lowest BCUT2D eigenvalue weighted by Crippen LogP contribution is -2.29. The van der Waals surface area contributed by atoms with E-state index in [1.165, 1.54) is 36.5 Å². The number of carbonyl (C=O) groups excluding carboxylic acids is 2. The zero-order chi connectivity index (χ0) is 24.5. The normalized spacial score (nSPS) is 14.4. The number of halogens is 3. The first kappa shape index (κ1) is 23.1. The maximum absolute atomic E-state index is 12.9. The van der Waals surface area contributed by atoms with Crippen molar-refractivity contribution in [3.05, 3.63) is 59.6 Å². The van der Waals surface area contributed by atoms with E-state index in [4.69, 9.17) is 0 Å². The van der Waals surface area contributed by atoms with Crippen molar-refractivity contribution >= 4 is 11.8 Å². The van der Waals surface area contributed by atoms with Gasteiger partial charge in [-0.1, -0.05) is 0 Å². The monoisotopic (exact) mass is 475 g/mol. The van der Waals surface area contributed by atoms with E-state index in [1.54, 1.807) is 13.0 Å². The minimum absolute atomic E-state index is 0.0382. The average Bonchev–Trinajstić information content (AvgIpc) is 3.53. The Bertz CT molecular complexity index is 1210. The number of ether oxygens (including phenoxy) is 1. The summed E-state index contributed by atoms with van der Waals surface area (Å²) in [6.07, 6.45) is 0.681. The number of hydrogen-bond donors (Lipinski definition) is 2. The first-order valence-electron chi connectivity index (χ1n) is 10.3. The van der Waals surface area contributed by atoms with Gasteiger partial charge in [0.25, 0.3) is 11.8 Å². The van der Waals surface area contributed by atoms with E-state index in [0.29, 0.717) is 11.4 Å². The number of alkyl halides is 3. The Morgan fingerprint density at radius 1 is 1.12 bits per heavy atom. The minimum Gasteiger partial charge on any atom is -0.406 e. The van der Waals surface area contributed by atoms with E-state index < -0.39 is 30.0 Å². The molecule has 3 aromatic rings. The topological polar surface area (TPSA) is 124 Å². The molecule has 1 atom stereocenters. The van der Waals surface area contributed by atoms with E-state index in [1.807, 2.05) is 0 Å². The number of rotatable bonds is 7. The van der Waals surface area contributed by atoms with E-state index in [-0.39, 0.29) is 23.0 Å². The van der Waals surface area contributed by atoms with E-state index in [9.17, 15) is 22.8 Å². The lowest BCUT2D eigenvalue weighted by molar-refractivity contribution is -0.274. The van der Waals surface area contributed by atoms with E-state index in [0.717, 1.165) is 18.9 Å². The van der Waals surface area contributed by atoms with Crippen LogP contribution in [0.25, 0.3) is 5.82 Å². The fourth-order valence-corrected chi connectivity index (χ4v) is 3.34. The van der Waals surface area contributed by atoms with Crippen LogP contribution in [0.2, 0.25) is 0 Å². The highest BCUT2D eigenvalue weighted by atomic mass is 19.4. The van der Waals surface area contributed by atoms with Gasteiger partial charge in [0.05, 0.1) is 18.4 Å². The zero-order valence-electron chi connectivity index (χ0n) is 18.1. The molecule has 2 aromatic heterocycles. The summed E-state index contributed by atoms with van der Waals surface area (Å²) in [6.45, 7) is 1.64. The Morgan fingerprint density at radius 3 is 2.50 bits per heavy atom. The molecule has 1 aliphatic carbocycles. The number of aromatic nitrogens is 5. The molecular weight excluding hydrogens is 455 g/mol. The van der Waals surface area contributed by atoms with E-state index in [2.05, 4.69) is 35.4 Å². The summed E-state index contributed by atoms with van der Waals surface area (Å²) >= 11 is 0. The molecule has 2 N–H and O–H groups in total. The molecule has 0 unspecified atom stereocenters. The molecule has 1 saturated carbocycles. The molecule has 2 amide bonds. The number of benzene rings is 1. The van der Waals surface area contributed by atoms with Gasteiger partial charge in [0.1, 0.15) is 17.8 Å². The van der Waals surface area contributed by atoms with Crippen LogP contribution in [0.1, 0.15) is 64.0 Å². The number of nitrogens with zero attached hydrogens (tertiary/aromatic N) is 5. The van der Waals surface area contributed by atoms with Crippen molar-refractivity contribution in [2.75, 3.05) is 7.05 Å². The van der Waals surface area contributed by atoms with Gasteiger partial charge in [-0.3, -0.25) is 9.59 Å². The van der Waals surface area contributed by atoms with Gasteiger partial charge in [0, 0.05) is 12.6 Å². The molecule has 0 saturated heterocycles. The molecule has 34 heavy (non-hydrogen) atoms. The van der Waals surface area contributed by atoms with Gasteiger partial charge in [0.2, 0.25) is 0 Å². The summed E-state index contributed by atoms with van der Waals surface area (Å²) in [5.41, 5.74) is 0.771. The Morgan fingerprint density at radius 2 is 1.88 bits per heavy atom. The van der Waals surface area contributed by atoms with Crippen LogP contribution in [0.4, 0.5) is 13.2 Å². The number of hydrogen-bond acceptors (Lipinski definition) is 7. The van der Waals surface area contributed by atoms with Crippen LogP contribution in [0.3, 0.4) is 0 Å². The Labute approximate surface area is 191 Å². The molecule has 13 heteroatoms. The lowest BCUT2D eigenvalue weighted by atomic mass is 10.1. The van der Waals surface area contributed by atoms with Crippen LogP contribution >= 0.6 is 0 Å². The SMILES string of the molecule is CNC(=O)c1cnc(-n2ncnc2[C@H](C)NC(=O)c2cc(OC(F)(F)F)cc(C3CC3)c2)cn1. The summed E-state index contributed by atoms with van der Waals surface area (Å²) in [6, 6.07) is 3.24. The first-order chi connectivity index (χ1) is 16.1. The van der Waals surface area contributed by atoms with Gasteiger partial charge in [0.15, 0.2) is 11.6 Å². The van der Waals surface area contributed by atoms with Gasteiger partial charge in [-0.2, -0.15) is 9.78 Å². The second-order valence-corrected chi connectivity index (χ2v) is 7.68. The summed E-state index contributed by atoms with van der Waals surface area (Å²) < 4.78 is 43.6. The Kier molecular flexibility index (Phi) is 6.18. The predicted octanol–water partition coefficient (Wildman–Crippen LogP) is 2.68. The minimum atomic E-state index is -4.87. The lowest BCUT2D eigenvalue weighted by Gasteiger charge is -2.16. The van der Waals surface area contributed by atoms with Crippen LogP contribution in [0, 0.1) is 0 Å². The quantitative estimate of drug-likeness (QED) is 0.538. The maximum Gasteiger partial charge on any atom is 0.573 e. The van der Waals surface area contributed by atoms with Gasteiger partial charge < -0.3 is 15.4 Å². The van der Waals surface area contributed by atoms with Gasteiger partial charge in [-0.25, -0.2) is 15.0 Å². The highest BCUT2D eigenvalue weighted by molar-refractivity contribution is 5.95. The summed E-state index contributed by atoms with van der Waals surface area (Å²) in [5.74, 6) is -0.763. The van der Waals surface area contributed by atoms with Crippen molar-refractivity contribution in [1.82, 2.24) is 35.4 Å².